The molecule has 1 aromatic carbocycles. The van der Waals surface area contributed by atoms with Crippen LogP contribution < -0.4 is 5.73 Å². The lowest BCUT2D eigenvalue weighted by atomic mass is 10.2. The number of methoxy groups -OCH3 is 1. The smallest absolute Gasteiger partial charge is 0.266 e. The van der Waals surface area contributed by atoms with E-state index in [4.69, 9.17) is 10.5 Å². The number of nitrogens with two attached hydrogens (primary N) is 1. The number of ether oxygens (including phenoxy) is 1. The maximum atomic E-state index is 13.3. The van der Waals surface area contributed by atoms with Gasteiger partial charge in [0.05, 0.1) is 12.3 Å². The molecule has 0 unspecified atom stereocenters. The molecule has 3 rings (SSSR count). The van der Waals surface area contributed by atoms with Gasteiger partial charge in [0.15, 0.2) is 0 Å². The molecule has 2 aromatic rings. The SMILES string of the molecule is COCCN(C(=O)c1sc2ccc(F)cc2c1N)C1CC1. The van der Waals surface area contributed by atoms with Gasteiger partial charge in [0.2, 0.25) is 0 Å². The van der Waals surface area contributed by atoms with Crippen molar-refractivity contribution in [1.29, 1.82) is 0 Å². The molecule has 0 saturated heterocycles. The molecule has 112 valence electrons. The summed E-state index contributed by atoms with van der Waals surface area (Å²) in [7, 11) is 1.62. The van der Waals surface area contributed by atoms with Crippen molar-refractivity contribution in [1.82, 2.24) is 4.90 Å². The van der Waals surface area contributed by atoms with Crippen LogP contribution in [0.25, 0.3) is 10.1 Å². The van der Waals surface area contributed by atoms with Crippen LogP contribution in [0.5, 0.6) is 0 Å². The molecule has 21 heavy (non-hydrogen) atoms. The lowest BCUT2D eigenvalue weighted by Crippen LogP contribution is -2.35. The number of anilines is 1. The Hall–Kier alpha value is -1.66. The van der Waals surface area contributed by atoms with Crippen molar-refractivity contribution >= 4 is 33.0 Å². The average Bonchev–Trinajstić information content (AvgIpc) is 3.25. The fraction of sp³-hybridized carbons (Fsp3) is 0.400. The van der Waals surface area contributed by atoms with E-state index in [-0.39, 0.29) is 17.8 Å². The predicted molar refractivity (Wildman–Crippen MR) is 82.1 cm³/mol. The number of halogens is 1. The number of fused-ring (bicyclic) bond motifs is 1. The van der Waals surface area contributed by atoms with Crippen molar-refractivity contribution < 1.29 is 13.9 Å². The second-order valence-electron chi connectivity index (χ2n) is 5.21. The Morgan fingerprint density at radius 1 is 1.52 bits per heavy atom. The second-order valence-corrected chi connectivity index (χ2v) is 6.26. The van der Waals surface area contributed by atoms with E-state index in [1.54, 1.807) is 13.2 Å². The standard InChI is InChI=1S/C15H17FN2O2S/c1-20-7-6-18(10-3-4-10)15(19)14-13(17)11-8-9(16)2-5-12(11)21-14/h2,5,8,10H,3-4,6-7,17H2,1H3. The van der Waals surface area contributed by atoms with Crippen LogP contribution in [-0.4, -0.2) is 37.1 Å². The monoisotopic (exact) mass is 308 g/mol. The summed E-state index contributed by atoms with van der Waals surface area (Å²) in [4.78, 5) is 15.0. The van der Waals surface area contributed by atoms with Crippen LogP contribution in [-0.2, 0) is 4.74 Å². The normalized spacial score (nSPS) is 14.6. The Labute approximate surface area is 126 Å². The molecule has 0 atom stereocenters. The highest BCUT2D eigenvalue weighted by atomic mass is 32.1. The summed E-state index contributed by atoms with van der Waals surface area (Å²) in [6, 6.07) is 4.72. The van der Waals surface area contributed by atoms with Crippen LogP contribution in [0.15, 0.2) is 18.2 Å². The zero-order chi connectivity index (χ0) is 15.0. The third-order valence-corrected chi connectivity index (χ3v) is 4.84. The molecule has 1 aliphatic carbocycles. The predicted octanol–water partition coefficient (Wildman–Crippen LogP) is 2.87. The molecule has 0 aliphatic heterocycles. The van der Waals surface area contributed by atoms with E-state index < -0.39 is 0 Å². The number of carbonyl (C=O) groups excluding carboxylic acids is 1. The first-order valence-corrected chi connectivity index (χ1v) is 7.71. The number of thiophene rings is 1. The molecular weight excluding hydrogens is 291 g/mol. The fourth-order valence-corrected chi connectivity index (χ4v) is 3.46. The largest absolute Gasteiger partial charge is 0.397 e. The van der Waals surface area contributed by atoms with Gasteiger partial charge in [0, 0.05) is 29.8 Å². The maximum Gasteiger partial charge on any atom is 0.266 e. The van der Waals surface area contributed by atoms with Crippen molar-refractivity contribution in [3.05, 3.63) is 28.9 Å². The summed E-state index contributed by atoms with van der Waals surface area (Å²) in [5, 5.41) is 0.617. The first kappa shape index (κ1) is 14.3. The fourth-order valence-electron chi connectivity index (χ4n) is 2.40. The summed E-state index contributed by atoms with van der Waals surface area (Å²) in [6.45, 7) is 1.06. The van der Waals surface area contributed by atoms with Crippen molar-refractivity contribution in [3.8, 4) is 0 Å². The van der Waals surface area contributed by atoms with Gasteiger partial charge >= 0.3 is 0 Å². The van der Waals surface area contributed by atoms with Crippen molar-refractivity contribution in [2.75, 3.05) is 26.0 Å². The number of carbonyl (C=O) groups is 1. The van der Waals surface area contributed by atoms with Crippen molar-refractivity contribution in [3.63, 3.8) is 0 Å². The van der Waals surface area contributed by atoms with Gasteiger partial charge in [-0.15, -0.1) is 11.3 Å². The molecule has 0 spiro atoms. The molecule has 1 aromatic heterocycles. The Balaban J connectivity index is 1.94. The van der Waals surface area contributed by atoms with Gasteiger partial charge in [-0.1, -0.05) is 0 Å². The Morgan fingerprint density at radius 3 is 2.95 bits per heavy atom. The van der Waals surface area contributed by atoms with Crippen molar-refractivity contribution in [2.24, 2.45) is 0 Å². The molecule has 0 bridgehead atoms. The first-order chi connectivity index (χ1) is 10.1. The Kier molecular flexibility index (Phi) is 3.82. The highest BCUT2D eigenvalue weighted by Gasteiger charge is 2.34. The number of nitrogen functional groups attached to an aromatic ring is 1. The van der Waals surface area contributed by atoms with Gasteiger partial charge in [0.25, 0.3) is 5.91 Å². The second kappa shape index (κ2) is 5.61. The molecule has 1 aliphatic rings. The number of amides is 1. The van der Waals surface area contributed by atoms with Crippen LogP contribution in [0.4, 0.5) is 10.1 Å². The molecular formula is C15H17FN2O2S. The first-order valence-electron chi connectivity index (χ1n) is 6.89. The van der Waals surface area contributed by atoms with Gasteiger partial charge in [-0.2, -0.15) is 0 Å². The molecule has 4 nitrogen and oxygen atoms in total. The molecule has 1 saturated carbocycles. The van der Waals surface area contributed by atoms with Crippen LogP contribution in [0.2, 0.25) is 0 Å². The van der Waals surface area contributed by atoms with Gasteiger partial charge in [-0.3, -0.25) is 4.79 Å². The lowest BCUT2D eigenvalue weighted by molar-refractivity contribution is 0.0686. The maximum absolute atomic E-state index is 13.3. The number of benzene rings is 1. The van der Waals surface area contributed by atoms with Crippen LogP contribution in [0.1, 0.15) is 22.5 Å². The third-order valence-electron chi connectivity index (χ3n) is 3.67. The Morgan fingerprint density at radius 2 is 2.29 bits per heavy atom. The molecule has 2 N–H and O–H groups in total. The van der Waals surface area contributed by atoms with E-state index in [2.05, 4.69) is 0 Å². The summed E-state index contributed by atoms with van der Waals surface area (Å²) < 4.78 is 19.2. The van der Waals surface area contributed by atoms with Gasteiger partial charge in [-0.05, 0) is 31.0 Å². The van der Waals surface area contributed by atoms with Gasteiger partial charge in [0.1, 0.15) is 10.7 Å². The summed E-state index contributed by atoms with van der Waals surface area (Å²) in [5.41, 5.74) is 6.44. The minimum atomic E-state index is -0.343. The number of nitrogens with zero attached hydrogens (tertiary/aromatic N) is 1. The van der Waals surface area contributed by atoms with E-state index in [0.717, 1.165) is 17.5 Å². The van der Waals surface area contributed by atoms with E-state index in [1.807, 2.05) is 4.90 Å². The highest BCUT2D eigenvalue weighted by molar-refractivity contribution is 7.21. The van der Waals surface area contributed by atoms with E-state index in [9.17, 15) is 9.18 Å². The lowest BCUT2D eigenvalue weighted by Gasteiger charge is -2.21. The Bertz CT molecular complexity index is 682. The number of hydrogen-bond acceptors (Lipinski definition) is 4. The van der Waals surface area contributed by atoms with Crippen LogP contribution >= 0.6 is 11.3 Å². The molecule has 0 radical (unpaired) electrons. The zero-order valence-corrected chi connectivity index (χ0v) is 12.6. The minimum Gasteiger partial charge on any atom is -0.397 e. The van der Waals surface area contributed by atoms with Gasteiger partial charge < -0.3 is 15.4 Å². The third kappa shape index (κ3) is 2.73. The van der Waals surface area contributed by atoms with Crippen LogP contribution in [0.3, 0.4) is 0 Å². The minimum absolute atomic E-state index is 0.0753. The summed E-state index contributed by atoms with van der Waals surface area (Å²) in [5.74, 6) is -0.418. The topological polar surface area (TPSA) is 55.6 Å². The van der Waals surface area contributed by atoms with Gasteiger partial charge in [-0.25, -0.2) is 4.39 Å². The van der Waals surface area contributed by atoms with Crippen molar-refractivity contribution in [2.45, 2.75) is 18.9 Å². The average molecular weight is 308 g/mol. The van der Waals surface area contributed by atoms with E-state index >= 15 is 0 Å². The zero-order valence-electron chi connectivity index (χ0n) is 11.8. The quantitative estimate of drug-likeness (QED) is 0.924. The molecule has 1 amide bonds. The summed E-state index contributed by atoms with van der Waals surface area (Å²) in [6.07, 6.45) is 2.05. The van der Waals surface area contributed by atoms with Crippen LogP contribution in [0, 0.1) is 5.82 Å². The van der Waals surface area contributed by atoms with E-state index in [1.165, 1.54) is 23.5 Å². The molecule has 6 heteroatoms. The molecule has 1 fully saturated rings. The summed E-state index contributed by atoms with van der Waals surface area (Å²) >= 11 is 1.32. The number of hydrogen-bond donors (Lipinski definition) is 1. The van der Waals surface area contributed by atoms with E-state index in [0.29, 0.717) is 29.1 Å². The number of rotatable bonds is 5. The molecule has 1 heterocycles. The highest BCUT2D eigenvalue weighted by Crippen LogP contribution is 2.37.